The van der Waals surface area contributed by atoms with Crippen LogP contribution in [-0.2, 0) is 10.2 Å². The van der Waals surface area contributed by atoms with Crippen molar-refractivity contribution >= 4 is 33.5 Å². The van der Waals surface area contributed by atoms with Gasteiger partial charge < -0.3 is 5.32 Å². The van der Waals surface area contributed by atoms with E-state index in [4.69, 9.17) is 11.6 Å². The maximum absolute atomic E-state index is 12.4. The molecule has 1 aliphatic heterocycles. The molecule has 2 aromatic rings. The predicted molar refractivity (Wildman–Crippen MR) is 115 cm³/mol. The number of hydrogen-bond acceptors (Lipinski definition) is 4. The first-order valence-electron chi connectivity index (χ1n) is 9.11. The van der Waals surface area contributed by atoms with Crippen molar-refractivity contribution in [3.05, 3.63) is 64.9 Å². The Bertz CT molecular complexity index is 1010. The van der Waals surface area contributed by atoms with E-state index in [1.807, 2.05) is 24.3 Å². The fourth-order valence-corrected chi connectivity index (χ4v) is 3.92. The van der Waals surface area contributed by atoms with Crippen molar-refractivity contribution in [2.45, 2.75) is 12.8 Å². The topological polar surface area (TPSA) is 90.3 Å². The number of aromatic nitrogens is 1. The number of guanidine groups is 1. The SMILES string of the molecule is CCN(C)S(=O)(=O)/N=C(\NC)N1CC(c2cccnc2)C(c2ccc(Cl)cc2)=N1. The second kappa shape index (κ2) is 8.89. The molecule has 0 spiro atoms. The van der Waals surface area contributed by atoms with Crippen LogP contribution in [0.3, 0.4) is 0 Å². The Morgan fingerprint density at radius 2 is 2.07 bits per heavy atom. The van der Waals surface area contributed by atoms with E-state index in [1.165, 1.54) is 11.4 Å². The number of pyridine rings is 1. The number of hydrogen-bond donors (Lipinski definition) is 1. The Kier molecular flexibility index (Phi) is 6.51. The molecule has 1 aliphatic rings. The van der Waals surface area contributed by atoms with E-state index in [-0.39, 0.29) is 11.9 Å². The van der Waals surface area contributed by atoms with Crippen molar-refractivity contribution in [3.63, 3.8) is 0 Å². The quantitative estimate of drug-likeness (QED) is 0.576. The number of halogens is 1. The van der Waals surface area contributed by atoms with Crippen molar-refractivity contribution in [1.29, 1.82) is 0 Å². The monoisotopic (exact) mass is 434 g/mol. The molecule has 1 aromatic carbocycles. The molecule has 154 valence electrons. The molecule has 0 amide bonds. The molecule has 0 saturated heterocycles. The highest BCUT2D eigenvalue weighted by Crippen LogP contribution is 2.29. The van der Waals surface area contributed by atoms with Gasteiger partial charge >= 0.3 is 10.2 Å². The van der Waals surface area contributed by atoms with Gasteiger partial charge in [0.05, 0.1) is 12.3 Å². The zero-order valence-corrected chi connectivity index (χ0v) is 18.0. The molecule has 0 bridgehead atoms. The molecule has 8 nitrogen and oxygen atoms in total. The molecule has 2 heterocycles. The van der Waals surface area contributed by atoms with Gasteiger partial charge in [0, 0.05) is 44.0 Å². The normalized spacial score (nSPS) is 17.6. The molecule has 0 fully saturated rings. The molecule has 1 N–H and O–H groups in total. The van der Waals surface area contributed by atoms with Crippen molar-refractivity contribution in [1.82, 2.24) is 19.6 Å². The summed E-state index contributed by atoms with van der Waals surface area (Å²) in [4.78, 5) is 4.21. The summed E-state index contributed by atoms with van der Waals surface area (Å²) < 4.78 is 30.0. The molecule has 10 heteroatoms. The Balaban J connectivity index is 2.03. The van der Waals surface area contributed by atoms with E-state index >= 15 is 0 Å². The van der Waals surface area contributed by atoms with Crippen molar-refractivity contribution in [2.75, 3.05) is 27.2 Å². The highest BCUT2D eigenvalue weighted by Gasteiger charge is 2.32. The minimum Gasteiger partial charge on any atom is -0.357 e. The van der Waals surface area contributed by atoms with E-state index in [1.54, 1.807) is 43.5 Å². The molecule has 0 aliphatic carbocycles. The Morgan fingerprint density at radius 1 is 1.34 bits per heavy atom. The lowest BCUT2D eigenvalue weighted by Gasteiger charge is -2.19. The Labute approximate surface area is 176 Å². The summed E-state index contributed by atoms with van der Waals surface area (Å²) in [6.07, 6.45) is 3.50. The summed E-state index contributed by atoms with van der Waals surface area (Å²) in [5, 5.41) is 9.75. The van der Waals surface area contributed by atoms with Gasteiger partial charge in [-0.25, -0.2) is 5.01 Å². The van der Waals surface area contributed by atoms with Crippen LogP contribution in [0.1, 0.15) is 24.0 Å². The number of nitrogens with zero attached hydrogens (tertiary/aromatic N) is 5. The molecule has 0 radical (unpaired) electrons. The Hall–Kier alpha value is -2.49. The summed E-state index contributed by atoms with van der Waals surface area (Å²) in [5.74, 6) is 0.0539. The van der Waals surface area contributed by atoms with Gasteiger partial charge in [0.2, 0.25) is 5.96 Å². The molecular formula is C19H23ClN6O2S. The third kappa shape index (κ3) is 4.75. The highest BCUT2D eigenvalue weighted by molar-refractivity contribution is 7.87. The highest BCUT2D eigenvalue weighted by atomic mass is 35.5. The lowest BCUT2D eigenvalue weighted by molar-refractivity contribution is 0.455. The van der Waals surface area contributed by atoms with E-state index in [0.717, 1.165) is 16.8 Å². The smallest absolute Gasteiger partial charge is 0.325 e. The number of benzene rings is 1. The summed E-state index contributed by atoms with van der Waals surface area (Å²) >= 11 is 6.03. The van der Waals surface area contributed by atoms with E-state index in [2.05, 4.69) is 19.8 Å². The summed E-state index contributed by atoms with van der Waals surface area (Å²) in [5.41, 5.74) is 2.67. The van der Waals surface area contributed by atoms with Gasteiger partial charge in [-0.3, -0.25) is 4.98 Å². The summed E-state index contributed by atoms with van der Waals surface area (Å²) in [7, 11) is -0.708. The van der Waals surface area contributed by atoms with Gasteiger partial charge in [-0.05, 0) is 29.3 Å². The van der Waals surface area contributed by atoms with Crippen LogP contribution in [0.5, 0.6) is 0 Å². The molecule has 1 aromatic heterocycles. The molecule has 1 atom stereocenters. The average Bonchev–Trinajstić information content (AvgIpc) is 3.17. The van der Waals surface area contributed by atoms with Gasteiger partial charge in [0.1, 0.15) is 0 Å². The molecule has 0 saturated carbocycles. The first-order chi connectivity index (χ1) is 13.9. The van der Waals surface area contributed by atoms with Crippen LogP contribution in [0.25, 0.3) is 0 Å². The van der Waals surface area contributed by atoms with Crippen molar-refractivity contribution in [3.8, 4) is 0 Å². The molecule has 3 rings (SSSR count). The van der Waals surface area contributed by atoms with Gasteiger partial charge in [-0.1, -0.05) is 36.7 Å². The van der Waals surface area contributed by atoms with Crippen LogP contribution < -0.4 is 5.32 Å². The molecular weight excluding hydrogens is 412 g/mol. The second-order valence-electron chi connectivity index (χ2n) is 6.47. The minimum atomic E-state index is -3.81. The van der Waals surface area contributed by atoms with Crippen molar-refractivity contribution < 1.29 is 8.42 Å². The lowest BCUT2D eigenvalue weighted by atomic mass is 9.92. The molecule has 29 heavy (non-hydrogen) atoms. The van der Waals surface area contributed by atoms with Crippen LogP contribution in [0.4, 0.5) is 0 Å². The van der Waals surface area contributed by atoms with E-state index in [0.29, 0.717) is 18.1 Å². The average molecular weight is 435 g/mol. The van der Waals surface area contributed by atoms with Gasteiger partial charge in [-0.15, -0.1) is 4.40 Å². The van der Waals surface area contributed by atoms with Gasteiger partial charge in [-0.2, -0.15) is 17.8 Å². The Morgan fingerprint density at radius 3 is 2.66 bits per heavy atom. The lowest BCUT2D eigenvalue weighted by Crippen LogP contribution is -2.38. The van der Waals surface area contributed by atoms with Gasteiger partial charge in [0.15, 0.2) is 0 Å². The maximum atomic E-state index is 12.4. The number of hydrazone groups is 1. The van der Waals surface area contributed by atoms with Crippen LogP contribution in [-0.4, -0.2) is 61.6 Å². The fourth-order valence-electron chi connectivity index (χ4n) is 2.92. The number of nitrogens with one attached hydrogen (secondary N) is 1. The summed E-state index contributed by atoms with van der Waals surface area (Å²) in [6, 6.07) is 11.2. The predicted octanol–water partition coefficient (Wildman–Crippen LogP) is 2.31. The third-order valence-corrected chi connectivity index (χ3v) is 6.35. The van der Waals surface area contributed by atoms with E-state index in [9.17, 15) is 8.42 Å². The van der Waals surface area contributed by atoms with Crippen LogP contribution in [0, 0.1) is 0 Å². The largest absolute Gasteiger partial charge is 0.357 e. The fraction of sp³-hybridized carbons (Fsp3) is 0.316. The zero-order chi connectivity index (χ0) is 21.0. The first kappa shape index (κ1) is 21.2. The van der Waals surface area contributed by atoms with Crippen molar-refractivity contribution in [2.24, 2.45) is 9.50 Å². The van der Waals surface area contributed by atoms with Crippen LogP contribution in [0.2, 0.25) is 5.02 Å². The maximum Gasteiger partial charge on any atom is 0.325 e. The van der Waals surface area contributed by atoms with Crippen LogP contribution in [0.15, 0.2) is 58.3 Å². The first-order valence-corrected chi connectivity index (χ1v) is 10.9. The van der Waals surface area contributed by atoms with Crippen LogP contribution >= 0.6 is 11.6 Å². The molecule has 1 unspecified atom stereocenters. The third-order valence-electron chi connectivity index (χ3n) is 4.65. The standard InChI is InChI=1S/C19H23ClN6O2S/c1-4-25(3)29(27,28)24-19(21-2)26-13-17(15-6-5-11-22-12-15)18(23-26)14-7-9-16(20)10-8-14/h5-12,17H,4,13H2,1-3H3,(H,21,24). The minimum absolute atomic E-state index is 0.102. The second-order valence-corrected chi connectivity index (χ2v) is 8.61. The van der Waals surface area contributed by atoms with E-state index < -0.39 is 10.2 Å². The number of rotatable bonds is 5. The summed E-state index contributed by atoms with van der Waals surface area (Å²) in [6.45, 7) is 2.49. The van der Waals surface area contributed by atoms with Gasteiger partial charge in [0.25, 0.3) is 0 Å². The zero-order valence-electron chi connectivity index (χ0n) is 16.4.